The molecule has 0 radical (unpaired) electrons. The van der Waals surface area contributed by atoms with Crippen LogP contribution in [0.5, 0.6) is 0 Å². The largest absolute Gasteiger partial charge is 0.756 e. The molecule has 0 aromatic heterocycles. The monoisotopic (exact) mass is 1340 g/mol. The van der Waals surface area contributed by atoms with Gasteiger partial charge in [-0.25, -0.2) is 0 Å². The van der Waals surface area contributed by atoms with E-state index in [0.29, 0.717) is 17.4 Å². The van der Waals surface area contributed by atoms with Gasteiger partial charge in [-0.2, -0.15) is 0 Å². The molecule has 0 aliphatic rings. The van der Waals surface area contributed by atoms with Crippen LogP contribution in [0.25, 0.3) is 0 Å². The topological polar surface area (TPSA) is 111 Å². The number of nitrogens with zero attached hydrogens (tertiary/aromatic N) is 1. The number of phosphoric ester groups is 1. The van der Waals surface area contributed by atoms with Crippen LogP contribution >= 0.6 is 7.82 Å². The molecule has 2 atom stereocenters. The summed E-state index contributed by atoms with van der Waals surface area (Å²) in [4.78, 5) is 38.2. The summed E-state index contributed by atoms with van der Waals surface area (Å²) in [6, 6.07) is 0. The third-order valence-electron chi connectivity index (χ3n) is 18.5. The molecule has 552 valence electrons. The minimum atomic E-state index is -4.64. The lowest BCUT2D eigenvalue weighted by atomic mass is 10.0. The summed E-state index contributed by atoms with van der Waals surface area (Å²) in [5.74, 6) is -0.810. The second-order valence-corrected chi connectivity index (χ2v) is 30.5. The van der Waals surface area contributed by atoms with Gasteiger partial charge in [-0.15, -0.1) is 0 Å². The Bertz CT molecular complexity index is 1770. The average molecular weight is 1340 g/mol. The van der Waals surface area contributed by atoms with Crippen molar-refractivity contribution in [1.29, 1.82) is 0 Å². The molecule has 0 N–H and O–H groups in total. The molecule has 0 saturated carbocycles. The van der Waals surface area contributed by atoms with Gasteiger partial charge in [0, 0.05) is 12.8 Å². The van der Waals surface area contributed by atoms with Gasteiger partial charge >= 0.3 is 11.9 Å². The van der Waals surface area contributed by atoms with Crippen LogP contribution < -0.4 is 4.89 Å². The fraction of sp³-hybridized carbons (Fsp3) is 0.857. The summed E-state index contributed by atoms with van der Waals surface area (Å²) in [5.41, 5.74) is 0. The number of allylic oxidation sites excluding steroid dienone is 10. The zero-order valence-electron chi connectivity index (χ0n) is 63.2. The Kier molecular flexibility index (Phi) is 73.1. The van der Waals surface area contributed by atoms with Crippen molar-refractivity contribution in [1.82, 2.24) is 0 Å². The lowest BCUT2D eigenvalue weighted by Gasteiger charge is -2.28. The lowest BCUT2D eigenvalue weighted by molar-refractivity contribution is -0.870. The van der Waals surface area contributed by atoms with Gasteiger partial charge in [-0.1, -0.05) is 376 Å². The number of quaternary nitrogens is 1. The van der Waals surface area contributed by atoms with Gasteiger partial charge in [-0.05, 0) is 83.5 Å². The predicted molar refractivity (Wildman–Crippen MR) is 407 cm³/mol. The first-order valence-corrected chi connectivity index (χ1v) is 42.5. The Labute approximate surface area is 585 Å². The number of carbonyl (C=O) groups is 2. The van der Waals surface area contributed by atoms with E-state index in [2.05, 4.69) is 74.6 Å². The molecule has 0 spiro atoms. The summed E-state index contributed by atoms with van der Waals surface area (Å²) >= 11 is 0. The SMILES string of the molecule is CCCCCCC/C=C\C/C=C\C/C=C\CCCCCCCCCCCCCCCCCCCCCCCCCCC(=O)OC(COC(=O)CCCCCCCCCCCCCCCCCCCCC/C=C\C/C=C\CCCCCCC)COP(=O)([O-])OCC[N+](C)(C)C. The smallest absolute Gasteiger partial charge is 0.306 e. The van der Waals surface area contributed by atoms with Crippen LogP contribution in [0.15, 0.2) is 60.8 Å². The van der Waals surface area contributed by atoms with E-state index >= 15 is 0 Å². The van der Waals surface area contributed by atoms with Crippen LogP contribution in [0.2, 0.25) is 0 Å². The second kappa shape index (κ2) is 74.9. The van der Waals surface area contributed by atoms with E-state index in [1.54, 1.807) is 0 Å². The fourth-order valence-electron chi connectivity index (χ4n) is 12.2. The number of ether oxygens (including phenoxy) is 2. The van der Waals surface area contributed by atoms with E-state index in [0.717, 1.165) is 51.4 Å². The molecule has 0 rings (SSSR count). The van der Waals surface area contributed by atoms with Crippen molar-refractivity contribution in [2.45, 2.75) is 418 Å². The minimum absolute atomic E-state index is 0.0285. The van der Waals surface area contributed by atoms with E-state index in [1.165, 1.54) is 327 Å². The number of esters is 2. The number of hydrogen-bond donors (Lipinski definition) is 0. The Hall–Kier alpha value is -2.29. The molecule has 0 fully saturated rings. The molecule has 94 heavy (non-hydrogen) atoms. The molecule has 9 nitrogen and oxygen atoms in total. The third-order valence-corrected chi connectivity index (χ3v) is 19.5. The summed E-state index contributed by atoms with van der Waals surface area (Å²) < 4.78 is 34.4. The summed E-state index contributed by atoms with van der Waals surface area (Å²) in [6.45, 7) is 4.29. The molecule has 10 heteroatoms. The normalized spacial score (nSPS) is 13.3. The van der Waals surface area contributed by atoms with Crippen LogP contribution in [0.3, 0.4) is 0 Å². The van der Waals surface area contributed by atoms with Gasteiger partial charge < -0.3 is 27.9 Å². The maximum Gasteiger partial charge on any atom is 0.306 e. The molecule has 0 heterocycles. The first-order chi connectivity index (χ1) is 46.0. The summed E-state index contributed by atoms with van der Waals surface area (Å²) in [5, 5.41) is 0. The first-order valence-electron chi connectivity index (χ1n) is 41.0. The van der Waals surface area contributed by atoms with Gasteiger partial charge in [-0.3, -0.25) is 14.2 Å². The zero-order chi connectivity index (χ0) is 68.3. The molecule has 0 aliphatic carbocycles. The summed E-state index contributed by atoms with van der Waals surface area (Å²) in [7, 11) is 1.19. The van der Waals surface area contributed by atoms with Crippen LogP contribution in [0.1, 0.15) is 412 Å². The molecule has 0 aromatic carbocycles. The molecule has 2 unspecified atom stereocenters. The number of unbranched alkanes of at least 4 members (excludes halogenated alkanes) is 53. The number of rotatable bonds is 77. The predicted octanol–water partition coefficient (Wildman–Crippen LogP) is 26.7. The van der Waals surface area contributed by atoms with Crippen LogP contribution in [-0.2, 0) is 32.7 Å². The van der Waals surface area contributed by atoms with Crippen molar-refractivity contribution in [3.05, 3.63) is 60.8 Å². The fourth-order valence-corrected chi connectivity index (χ4v) is 13.0. The highest BCUT2D eigenvalue weighted by molar-refractivity contribution is 7.45. The molecular formula is C84H158NO8P. The Morgan fingerprint density at radius 3 is 0.851 bits per heavy atom. The van der Waals surface area contributed by atoms with Crippen molar-refractivity contribution in [3.63, 3.8) is 0 Å². The number of phosphoric acid groups is 1. The number of carbonyl (C=O) groups excluding carboxylic acids is 2. The average Bonchev–Trinajstić information content (AvgIpc) is 1.56. The van der Waals surface area contributed by atoms with Crippen molar-refractivity contribution >= 4 is 19.8 Å². The van der Waals surface area contributed by atoms with Crippen molar-refractivity contribution in [2.75, 3.05) is 47.5 Å². The quantitative estimate of drug-likeness (QED) is 0.0195. The summed E-state index contributed by atoms with van der Waals surface area (Å²) in [6.07, 6.45) is 101. The van der Waals surface area contributed by atoms with Crippen LogP contribution in [0, 0.1) is 0 Å². The first kappa shape index (κ1) is 91.7. The Morgan fingerprint density at radius 2 is 0.574 bits per heavy atom. The number of hydrogen-bond acceptors (Lipinski definition) is 8. The van der Waals surface area contributed by atoms with Crippen LogP contribution in [0.4, 0.5) is 0 Å². The Balaban J connectivity index is 3.90. The highest BCUT2D eigenvalue weighted by Crippen LogP contribution is 2.38. The van der Waals surface area contributed by atoms with Crippen LogP contribution in [-0.4, -0.2) is 70.0 Å². The molecular weight excluding hydrogens is 1180 g/mol. The lowest BCUT2D eigenvalue weighted by Crippen LogP contribution is -2.37. The van der Waals surface area contributed by atoms with E-state index in [-0.39, 0.29) is 32.0 Å². The molecule has 0 amide bonds. The highest BCUT2D eigenvalue weighted by atomic mass is 31.2. The van der Waals surface area contributed by atoms with E-state index in [4.69, 9.17) is 18.5 Å². The highest BCUT2D eigenvalue weighted by Gasteiger charge is 2.22. The maximum absolute atomic E-state index is 12.9. The maximum atomic E-state index is 12.9. The van der Waals surface area contributed by atoms with E-state index in [1.807, 2.05) is 21.1 Å². The standard InChI is InChI=1S/C84H158NO8P/c1-6-8-10-12-14-16-18-20-22-24-26-28-30-32-34-36-38-39-40-41-42-43-44-45-47-49-51-53-55-57-59-61-63-65-67-69-71-73-75-77-84(87)93-82(81-92-94(88,89)91-79-78-85(3,4)5)80-90-83(86)76-74-72-70-68-66-64-62-60-58-56-54-52-50-48-46-37-35-33-31-29-27-25-23-21-19-17-15-13-11-9-7-2/h18-21,24-27,30,32,82H,6-17,22-23,28-29,31,33-81H2,1-5H3/b20-18-,21-19-,26-24-,27-25-,32-30-. The van der Waals surface area contributed by atoms with Gasteiger partial charge in [0.1, 0.15) is 19.8 Å². The third kappa shape index (κ3) is 78.7. The van der Waals surface area contributed by atoms with E-state index in [9.17, 15) is 19.0 Å². The minimum Gasteiger partial charge on any atom is -0.756 e. The molecule has 0 aromatic rings. The van der Waals surface area contributed by atoms with E-state index < -0.39 is 26.5 Å². The van der Waals surface area contributed by atoms with Crippen molar-refractivity contribution < 1.29 is 42.1 Å². The zero-order valence-corrected chi connectivity index (χ0v) is 64.1. The second-order valence-electron chi connectivity index (χ2n) is 29.1. The van der Waals surface area contributed by atoms with Gasteiger partial charge in [0.2, 0.25) is 0 Å². The van der Waals surface area contributed by atoms with Gasteiger partial charge in [0.25, 0.3) is 7.82 Å². The van der Waals surface area contributed by atoms with Crippen molar-refractivity contribution in [3.8, 4) is 0 Å². The molecule has 0 aliphatic heterocycles. The van der Waals surface area contributed by atoms with Gasteiger partial charge in [0.15, 0.2) is 6.10 Å². The molecule has 0 saturated heterocycles. The number of likely N-dealkylation sites (N-methyl/N-ethyl adjacent to an activating group) is 1. The Morgan fingerprint density at radius 1 is 0.330 bits per heavy atom. The molecule has 0 bridgehead atoms. The van der Waals surface area contributed by atoms with Gasteiger partial charge in [0.05, 0.1) is 27.7 Å². The van der Waals surface area contributed by atoms with Crippen molar-refractivity contribution in [2.24, 2.45) is 0 Å².